The molecule has 0 aromatic heterocycles. The Bertz CT molecular complexity index is 275. The predicted molar refractivity (Wildman–Crippen MR) is 94.5 cm³/mol. The van der Waals surface area contributed by atoms with Crippen LogP contribution >= 0.6 is 15.9 Å². The zero-order valence-corrected chi connectivity index (χ0v) is 16.4. The van der Waals surface area contributed by atoms with E-state index in [1.807, 2.05) is 0 Å². The smallest absolute Gasteiger partial charge is 0.124 e. The number of aliphatic hydroxyl groups excluding tert-OH is 1. The highest BCUT2D eigenvalue weighted by atomic mass is 79.9. The van der Waals surface area contributed by atoms with Crippen LogP contribution in [0.25, 0.3) is 0 Å². The molecule has 0 aromatic rings. The number of hydrogen-bond acceptors (Lipinski definition) is 8. The van der Waals surface area contributed by atoms with Crippen LogP contribution in [0.2, 0.25) is 0 Å². The fourth-order valence-corrected chi connectivity index (χ4v) is 2.50. The van der Waals surface area contributed by atoms with E-state index in [0.29, 0.717) is 84.6 Å². The molecule has 0 aromatic carbocycles. The zero-order chi connectivity index (χ0) is 18.1. The van der Waals surface area contributed by atoms with Crippen molar-refractivity contribution in [2.45, 2.75) is 5.60 Å². The molecular formula is C16H31BrO8. The molecule has 0 spiro atoms. The van der Waals surface area contributed by atoms with E-state index in [1.165, 1.54) is 0 Å². The van der Waals surface area contributed by atoms with Gasteiger partial charge in [0.25, 0.3) is 0 Å². The van der Waals surface area contributed by atoms with Crippen LogP contribution in [0.4, 0.5) is 0 Å². The molecule has 0 amide bonds. The summed E-state index contributed by atoms with van der Waals surface area (Å²) >= 11 is 3.45. The Labute approximate surface area is 158 Å². The second kappa shape index (κ2) is 16.3. The third-order valence-electron chi connectivity index (χ3n) is 3.33. The predicted octanol–water partition coefficient (Wildman–Crippen LogP) is 0.242. The van der Waals surface area contributed by atoms with Crippen LogP contribution < -0.4 is 0 Å². The summed E-state index contributed by atoms with van der Waals surface area (Å²) in [5.74, 6) is 0. The van der Waals surface area contributed by atoms with Crippen molar-refractivity contribution in [2.24, 2.45) is 0 Å². The second-order valence-electron chi connectivity index (χ2n) is 5.44. The Morgan fingerprint density at radius 1 is 0.680 bits per heavy atom. The third-order valence-corrected chi connectivity index (χ3v) is 4.36. The monoisotopic (exact) mass is 430 g/mol. The summed E-state index contributed by atoms with van der Waals surface area (Å²) < 4.78 is 38.8. The first-order chi connectivity index (χ1) is 12.3. The van der Waals surface area contributed by atoms with E-state index in [1.54, 1.807) is 0 Å². The quantitative estimate of drug-likeness (QED) is 0.634. The summed E-state index contributed by atoms with van der Waals surface area (Å²) in [5.41, 5.74) is -0.655. The molecule has 150 valence electrons. The molecule has 1 rings (SSSR count). The lowest BCUT2D eigenvalue weighted by Gasteiger charge is -2.31. The number of hydrogen-bond donors (Lipinski definition) is 1. The van der Waals surface area contributed by atoms with E-state index in [2.05, 4.69) is 15.9 Å². The minimum Gasteiger partial charge on any atom is -0.394 e. The largest absolute Gasteiger partial charge is 0.394 e. The fraction of sp³-hybridized carbons (Fsp3) is 1.00. The molecule has 25 heavy (non-hydrogen) atoms. The Balaban J connectivity index is 2.41. The van der Waals surface area contributed by atoms with Crippen molar-refractivity contribution in [3.8, 4) is 0 Å². The van der Waals surface area contributed by atoms with E-state index < -0.39 is 5.60 Å². The number of aliphatic hydroxyl groups is 1. The normalized spacial score (nSPS) is 23.3. The highest BCUT2D eigenvalue weighted by Crippen LogP contribution is 2.16. The van der Waals surface area contributed by atoms with Gasteiger partial charge < -0.3 is 38.3 Å². The van der Waals surface area contributed by atoms with Crippen molar-refractivity contribution in [2.75, 3.05) is 97.8 Å². The molecule has 0 bridgehead atoms. The maximum atomic E-state index is 9.03. The molecule has 0 radical (unpaired) electrons. The summed E-state index contributed by atoms with van der Waals surface area (Å²) in [6, 6.07) is 0. The van der Waals surface area contributed by atoms with E-state index in [4.69, 9.17) is 38.3 Å². The van der Waals surface area contributed by atoms with Crippen molar-refractivity contribution in [1.29, 1.82) is 0 Å². The van der Waals surface area contributed by atoms with Gasteiger partial charge in [0.15, 0.2) is 0 Å². The molecule has 8 nitrogen and oxygen atoms in total. The summed E-state index contributed by atoms with van der Waals surface area (Å²) in [7, 11) is 0. The Hall–Kier alpha value is 0.160. The van der Waals surface area contributed by atoms with Crippen LogP contribution in [0.3, 0.4) is 0 Å². The van der Waals surface area contributed by atoms with Crippen LogP contribution in [0.5, 0.6) is 0 Å². The second-order valence-corrected chi connectivity index (χ2v) is 6.00. The van der Waals surface area contributed by atoms with Gasteiger partial charge in [0.1, 0.15) is 5.60 Å². The first kappa shape index (κ1) is 23.2. The lowest BCUT2D eigenvalue weighted by molar-refractivity contribution is -0.134. The molecular weight excluding hydrogens is 400 g/mol. The van der Waals surface area contributed by atoms with Gasteiger partial charge in [-0.25, -0.2) is 0 Å². The summed E-state index contributed by atoms with van der Waals surface area (Å²) in [6.45, 7) is 5.86. The van der Waals surface area contributed by atoms with E-state index in [9.17, 15) is 0 Å². The molecule has 1 saturated heterocycles. The van der Waals surface area contributed by atoms with Crippen molar-refractivity contribution in [3.05, 3.63) is 0 Å². The first-order valence-corrected chi connectivity index (χ1v) is 9.72. The maximum Gasteiger partial charge on any atom is 0.124 e. The minimum absolute atomic E-state index is 0.0546. The van der Waals surface area contributed by atoms with Gasteiger partial charge in [-0.2, -0.15) is 0 Å². The standard InChI is InChI=1S/C16H31BrO8/c17-13-16(25-2-1-18)14-23-11-9-21-7-5-19-3-4-20-6-8-22-10-12-24-15-16/h18H,1-15H2. The van der Waals surface area contributed by atoms with Gasteiger partial charge in [-0.15, -0.1) is 0 Å². The molecule has 9 heteroatoms. The highest BCUT2D eigenvalue weighted by Gasteiger charge is 2.31. The maximum absolute atomic E-state index is 9.03. The molecule has 0 saturated carbocycles. The average Bonchev–Trinajstić information content (AvgIpc) is 2.64. The van der Waals surface area contributed by atoms with Gasteiger partial charge in [0.2, 0.25) is 0 Å². The van der Waals surface area contributed by atoms with Crippen molar-refractivity contribution in [3.63, 3.8) is 0 Å². The van der Waals surface area contributed by atoms with Gasteiger partial charge in [0, 0.05) is 5.33 Å². The molecule has 1 aliphatic heterocycles. The Kier molecular flexibility index (Phi) is 15.2. The van der Waals surface area contributed by atoms with Crippen LogP contribution in [-0.2, 0) is 33.2 Å². The van der Waals surface area contributed by atoms with E-state index in [-0.39, 0.29) is 13.2 Å². The lowest BCUT2D eigenvalue weighted by atomic mass is 10.1. The van der Waals surface area contributed by atoms with Crippen molar-refractivity contribution < 1.29 is 38.3 Å². The lowest BCUT2D eigenvalue weighted by Crippen LogP contribution is -2.45. The van der Waals surface area contributed by atoms with Crippen LogP contribution in [0, 0.1) is 0 Å². The summed E-state index contributed by atoms with van der Waals surface area (Å²) in [6.07, 6.45) is 0. The van der Waals surface area contributed by atoms with Gasteiger partial charge in [-0.1, -0.05) is 15.9 Å². The van der Waals surface area contributed by atoms with Gasteiger partial charge in [-0.3, -0.25) is 0 Å². The van der Waals surface area contributed by atoms with E-state index >= 15 is 0 Å². The van der Waals surface area contributed by atoms with Crippen LogP contribution in [0.1, 0.15) is 0 Å². The van der Waals surface area contributed by atoms with Crippen LogP contribution in [0.15, 0.2) is 0 Å². The molecule has 1 fully saturated rings. The molecule has 1 aliphatic rings. The van der Waals surface area contributed by atoms with Crippen molar-refractivity contribution in [1.82, 2.24) is 0 Å². The Morgan fingerprint density at radius 3 is 1.36 bits per heavy atom. The minimum atomic E-state index is -0.655. The van der Waals surface area contributed by atoms with Gasteiger partial charge in [-0.05, 0) is 0 Å². The number of halogens is 1. The third kappa shape index (κ3) is 12.2. The molecule has 1 N–H and O–H groups in total. The van der Waals surface area contributed by atoms with Gasteiger partial charge in [0.05, 0.1) is 92.5 Å². The summed E-state index contributed by atoms with van der Waals surface area (Å²) in [4.78, 5) is 0. The molecule has 0 atom stereocenters. The average molecular weight is 431 g/mol. The highest BCUT2D eigenvalue weighted by molar-refractivity contribution is 9.09. The number of ether oxygens (including phenoxy) is 7. The first-order valence-electron chi connectivity index (χ1n) is 8.60. The van der Waals surface area contributed by atoms with Gasteiger partial charge >= 0.3 is 0 Å². The fourth-order valence-electron chi connectivity index (χ4n) is 2.02. The number of rotatable bonds is 4. The topological polar surface area (TPSA) is 84.8 Å². The molecule has 1 heterocycles. The number of alkyl halides is 1. The zero-order valence-electron chi connectivity index (χ0n) is 14.8. The molecule has 0 unspecified atom stereocenters. The van der Waals surface area contributed by atoms with Crippen LogP contribution in [-0.4, -0.2) is 109 Å². The summed E-state index contributed by atoms with van der Waals surface area (Å²) in [5, 5.41) is 9.56. The van der Waals surface area contributed by atoms with Crippen molar-refractivity contribution >= 4 is 15.9 Å². The van der Waals surface area contributed by atoms with E-state index in [0.717, 1.165) is 0 Å². The molecule has 0 aliphatic carbocycles. The SMILES string of the molecule is OCCOC1(CBr)COCCOCCOCCOCCOCCOC1. The Morgan fingerprint density at radius 2 is 1.04 bits per heavy atom.